The van der Waals surface area contributed by atoms with Gasteiger partial charge in [-0.15, -0.1) is 11.5 Å². The molecule has 0 spiro atoms. The van der Waals surface area contributed by atoms with Gasteiger partial charge in [0.15, 0.2) is 11.6 Å². The molecular formula is C32H46CrN2O4. The van der Waals surface area contributed by atoms with Crippen LogP contribution in [0.15, 0.2) is 72.5 Å². The van der Waals surface area contributed by atoms with E-state index in [2.05, 4.69) is 9.97 Å². The molecular weight excluding hydrogens is 528 g/mol. The minimum absolute atomic E-state index is 0. The average molecular weight is 575 g/mol. The van der Waals surface area contributed by atoms with Gasteiger partial charge in [0.25, 0.3) is 0 Å². The second-order valence-corrected chi connectivity index (χ2v) is 13.2. The Hall–Kier alpha value is -2.75. The molecule has 0 fully saturated rings. The van der Waals surface area contributed by atoms with Gasteiger partial charge >= 0.3 is 17.4 Å². The number of allylic oxidation sites excluding steroid dienone is 4. The first-order chi connectivity index (χ1) is 17.1. The molecule has 0 aliphatic carbocycles. The second kappa shape index (κ2) is 15.7. The third kappa shape index (κ3) is 16.1. The zero-order valence-electron chi connectivity index (χ0n) is 25.7. The Morgan fingerprint density at radius 1 is 0.564 bits per heavy atom. The molecule has 2 aromatic rings. The fraction of sp³-hybridized carbons (Fsp3) is 0.500. The van der Waals surface area contributed by atoms with Gasteiger partial charge in [-0.2, -0.15) is 0 Å². The first-order valence-electron chi connectivity index (χ1n) is 12.8. The van der Waals surface area contributed by atoms with Crippen LogP contribution in [0.4, 0.5) is 0 Å². The summed E-state index contributed by atoms with van der Waals surface area (Å²) in [6, 6.07) is 11.6. The summed E-state index contributed by atoms with van der Waals surface area (Å²) >= 11 is 0. The maximum Gasteiger partial charge on any atom is 2.00 e. The molecule has 0 aliphatic rings. The molecule has 214 valence electrons. The van der Waals surface area contributed by atoms with E-state index in [-0.39, 0.29) is 40.4 Å². The van der Waals surface area contributed by atoms with Crippen molar-refractivity contribution in [1.82, 2.24) is 9.97 Å². The summed E-state index contributed by atoms with van der Waals surface area (Å²) in [6.07, 6.45) is 5.98. The molecule has 2 heterocycles. The fourth-order valence-corrected chi connectivity index (χ4v) is 2.13. The van der Waals surface area contributed by atoms with E-state index in [0.717, 1.165) is 11.4 Å². The van der Waals surface area contributed by atoms with Crippen molar-refractivity contribution in [2.24, 2.45) is 21.7 Å². The Bertz CT molecular complexity index is 992. The summed E-state index contributed by atoms with van der Waals surface area (Å²) < 4.78 is 0. The van der Waals surface area contributed by atoms with Crippen LogP contribution in [-0.2, 0) is 27.0 Å². The predicted molar refractivity (Wildman–Crippen MR) is 151 cm³/mol. The minimum atomic E-state index is -0.457. The Morgan fingerprint density at radius 2 is 0.846 bits per heavy atom. The van der Waals surface area contributed by atoms with Crippen molar-refractivity contribution >= 4 is 11.6 Å². The third-order valence-corrected chi connectivity index (χ3v) is 5.07. The Balaban J connectivity index is 0. The SMILES string of the molecule is CC(C)(C)C(=O)/C=C(\[O-])C(C)(C)C.CC(C)(C)C(=O)/C=C(\[O-])C(C)(C)C.[Cr+2].c1ccc(-c2ccccn2)nc1. The topological polar surface area (TPSA) is 106 Å². The van der Waals surface area contributed by atoms with Crippen molar-refractivity contribution in [2.75, 3.05) is 0 Å². The molecule has 0 aliphatic heterocycles. The molecule has 0 radical (unpaired) electrons. The van der Waals surface area contributed by atoms with Crippen molar-refractivity contribution in [3.8, 4) is 11.4 Å². The largest absolute Gasteiger partial charge is 2.00 e. The molecule has 6 nitrogen and oxygen atoms in total. The molecule has 0 amide bonds. The van der Waals surface area contributed by atoms with Crippen LogP contribution in [0.25, 0.3) is 11.4 Å². The van der Waals surface area contributed by atoms with Gasteiger partial charge in [-0.25, -0.2) is 0 Å². The van der Waals surface area contributed by atoms with Crippen LogP contribution in [0, 0.1) is 21.7 Å². The van der Waals surface area contributed by atoms with Crippen LogP contribution < -0.4 is 10.2 Å². The quantitative estimate of drug-likeness (QED) is 0.333. The molecule has 0 aromatic carbocycles. The van der Waals surface area contributed by atoms with Crippen LogP contribution in [0.1, 0.15) is 83.1 Å². The van der Waals surface area contributed by atoms with E-state index >= 15 is 0 Å². The summed E-state index contributed by atoms with van der Waals surface area (Å²) in [5.74, 6) is -0.417. The van der Waals surface area contributed by atoms with Crippen LogP contribution in [0.5, 0.6) is 0 Å². The minimum Gasteiger partial charge on any atom is -0.875 e. The van der Waals surface area contributed by atoms with Gasteiger partial charge in [-0.1, -0.05) is 95.2 Å². The molecule has 2 aromatic heterocycles. The van der Waals surface area contributed by atoms with Crippen molar-refractivity contribution in [3.05, 3.63) is 72.5 Å². The summed E-state index contributed by atoms with van der Waals surface area (Å²) in [4.78, 5) is 31.3. The van der Waals surface area contributed by atoms with Gasteiger partial charge in [0.2, 0.25) is 0 Å². The van der Waals surface area contributed by atoms with Crippen LogP contribution in [-0.4, -0.2) is 21.5 Å². The summed E-state index contributed by atoms with van der Waals surface area (Å²) in [7, 11) is 0. The number of carbonyl (C=O) groups excluding carboxylic acids is 2. The van der Waals surface area contributed by atoms with E-state index in [1.54, 1.807) is 12.4 Å². The van der Waals surface area contributed by atoms with Gasteiger partial charge in [0.1, 0.15) is 0 Å². The molecule has 0 N–H and O–H groups in total. The first kappa shape index (κ1) is 38.4. The Morgan fingerprint density at radius 3 is 1.03 bits per heavy atom. The maximum absolute atomic E-state index is 11.4. The van der Waals surface area contributed by atoms with Crippen molar-refractivity contribution in [3.63, 3.8) is 0 Å². The monoisotopic (exact) mass is 574 g/mol. The zero-order valence-corrected chi connectivity index (χ0v) is 27.0. The van der Waals surface area contributed by atoms with Gasteiger partial charge in [-0.3, -0.25) is 19.6 Å². The van der Waals surface area contributed by atoms with Crippen LogP contribution in [0.3, 0.4) is 0 Å². The standard InChI is InChI=1S/2C11H20O2.C10H8N2.Cr/c2*1-10(2,3)8(12)7-9(13)11(4,5)6;1-3-7-11-9(5-1)10-6-2-4-8-12-10;/h2*7,12H,1-6H3;1-8H;/q;;;+2/p-2/b2*8-7-;;. The number of carbonyl (C=O) groups is 2. The molecule has 39 heavy (non-hydrogen) atoms. The van der Waals surface area contributed by atoms with Crippen molar-refractivity contribution in [1.29, 1.82) is 0 Å². The smallest absolute Gasteiger partial charge is 0.875 e. The molecule has 7 heteroatoms. The van der Waals surface area contributed by atoms with E-state index < -0.39 is 21.7 Å². The van der Waals surface area contributed by atoms with Crippen molar-refractivity contribution < 1.29 is 37.2 Å². The van der Waals surface area contributed by atoms with E-state index in [0.29, 0.717) is 0 Å². The van der Waals surface area contributed by atoms with Gasteiger partial charge in [-0.05, 0) is 47.2 Å². The summed E-state index contributed by atoms with van der Waals surface area (Å²) in [6.45, 7) is 21.7. The molecule has 0 atom stereocenters. The third-order valence-electron chi connectivity index (χ3n) is 5.07. The molecule has 0 saturated heterocycles. The van der Waals surface area contributed by atoms with Gasteiger partial charge in [0, 0.05) is 23.2 Å². The average Bonchev–Trinajstić information content (AvgIpc) is 2.78. The van der Waals surface area contributed by atoms with Crippen molar-refractivity contribution in [2.45, 2.75) is 83.1 Å². The van der Waals surface area contributed by atoms with Gasteiger partial charge < -0.3 is 10.2 Å². The number of pyridine rings is 2. The number of aromatic nitrogens is 2. The number of hydrogen-bond donors (Lipinski definition) is 0. The van der Waals surface area contributed by atoms with E-state index in [9.17, 15) is 19.8 Å². The maximum atomic E-state index is 11.4. The molecule has 2 rings (SSSR count). The first-order valence-corrected chi connectivity index (χ1v) is 12.8. The number of hydrogen-bond acceptors (Lipinski definition) is 6. The van der Waals surface area contributed by atoms with Crippen LogP contribution >= 0.6 is 0 Å². The van der Waals surface area contributed by atoms with E-state index in [1.165, 1.54) is 12.2 Å². The van der Waals surface area contributed by atoms with Crippen LogP contribution in [0.2, 0.25) is 0 Å². The zero-order chi connectivity index (χ0) is 29.9. The fourth-order valence-electron chi connectivity index (χ4n) is 2.13. The number of ketones is 2. The van der Waals surface area contributed by atoms with E-state index in [4.69, 9.17) is 0 Å². The predicted octanol–water partition coefficient (Wildman–Crippen LogP) is 5.92. The van der Waals surface area contributed by atoms with Gasteiger partial charge in [0.05, 0.1) is 11.4 Å². The summed E-state index contributed by atoms with van der Waals surface area (Å²) in [5, 5.41) is 22.9. The molecule has 0 bridgehead atoms. The molecule has 0 saturated carbocycles. The van der Waals surface area contributed by atoms with E-state index in [1.807, 2.05) is 119 Å². The molecule has 0 unspecified atom stereocenters. The normalized spacial score (nSPS) is 12.6. The number of rotatable bonds is 3. The summed E-state index contributed by atoms with van der Waals surface area (Å²) in [5.41, 5.74) is 0.0000926. The second-order valence-electron chi connectivity index (χ2n) is 13.2. The Kier molecular flexibility index (Phi) is 15.5. The Labute approximate surface area is 246 Å². The number of nitrogens with zero attached hydrogens (tertiary/aromatic N) is 2.